The number of hydrogen-bond acceptors (Lipinski definition) is 3. The Hall–Kier alpha value is -1.06. The van der Waals surface area contributed by atoms with Crippen LogP contribution in [0.15, 0.2) is 24.3 Å². The summed E-state index contributed by atoms with van der Waals surface area (Å²) in [5.74, 6) is -0.536. The Morgan fingerprint density at radius 2 is 2.22 bits per heavy atom. The van der Waals surface area contributed by atoms with Gasteiger partial charge in [0.2, 0.25) is 0 Å². The van der Waals surface area contributed by atoms with E-state index in [0.717, 1.165) is 31.4 Å². The van der Waals surface area contributed by atoms with Gasteiger partial charge in [-0.05, 0) is 31.0 Å². The lowest BCUT2D eigenvalue weighted by Gasteiger charge is -2.30. The van der Waals surface area contributed by atoms with Gasteiger partial charge in [0.05, 0.1) is 13.0 Å². The number of ether oxygens (including phenoxy) is 1. The fourth-order valence-electron chi connectivity index (χ4n) is 2.53. The monoisotopic (exact) mass is 267 g/mol. The Labute approximate surface area is 112 Å². The highest BCUT2D eigenvalue weighted by Crippen LogP contribution is 2.31. The first-order valence-electron chi connectivity index (χ1n) is 6.29. The van der Waals surface area contributed by atoms with Crippen LogP contribution in [0.1, 0.15) is 30.7 Å². The van der Waals surface area contributed by atoms with Crippen LogP contribution < -0.4 is 5.32 Å². The summed E-state index contributed by atoms with van der Waals surface area (Å²) in [5.41, 5.74) is 0.852. The molecule has 2 rings (SSSR count). The summed E-state index contributed by atoms with van der Waals surface area (Å²) in [7, 11) is 1.43. The number of halogens is 1. The van der Waals surface area contributed by atoms with Crippen molar-refractivity contribution in [3.63, 3.8) is 0 Å². The van der Waals surface area contributed by atoms with Crippen LogP contribution in [-0.4, -0.2) is 25.7 Å². The van der Waals surface area contributed by atoms with Crippen LogP contribution >= 0.6 is 11.6 Å². The van der Waals surface area contributed by atoms with E-state index in [0.29, 0.717) is 5.02 Å². The van der Waals surface area contributed by atoms with Crippen molar-refractivity contribution >= 4 is 17.6 Å². The van der Waals surface area contributed by atoms with Gasteiger partial charge in [-0.1, -0.05) is 36.2 Å². The zero-order valence-corrected chi connectivity index (χ0v) is 11.2. The van der Waals surface area contributed by atoms with Gasteiger partial charge < -0.3 is 10.1 Å². The number of piperidine rings is 1. The Morgan fingerprint density at radius 1 is 1.44 bits per heavy atom. The average Bonchev–Trinajstić information content (AvgIpc) is 2.42. The summed E-state index contributed by atoms with van der Waals surface area (Å²) < 4.78 is 4.94. The van der Waals surface area contributed by atoms with E-state index in [1.54, 1.807) is 0 Å². The molecule has 1 fully saturated rings. The molecule has 0 unspecified atom stereocenters. The van der Waals surface area contributed by atoms with E-state index in [-0.39, 0.29) is 17.9 Å². The molecule has 0 aliphatic carbocycles. The maximum absolute atomic E-state index is 12.0. The zero-order chi connectivity index (χ0) is 13.0. The number of methoxy groups -OCH3 is 1. The first-order valence-corrected chi connectivity index (χ1v) is 6.67. The Balaban J connectivity index is 2.30. The first kappa shape index (κ1) is 13.4. The van der Waals surface area contributed by atoms with Crippen molar-refractivity contribution in [3.8, 4) is 0 Å². The minimum absolute atomic E-state index is 0.117. The third kappa shape index (κ3) is 2.85. The average molecular weight is 268 g/mol. The SMILES string of the molecule is COC(=O)[C@@H](c1ccccc1Cl)[C@H]1CCCCN1. The quantitative estimate of drug-likeness (QED) is 0.856. The maximum Gasteiger partial charge on any atom is 0.314 e. The molecule has 1 aliphatic heterocycles. The molecule has 1 N–H and O–H groups in total. The third-order valence-corrected chi connectivity index (χ3v) is 3.79. The van der Waals surface area contributed by atoms with Gasteiger partial charge in [-0.3, -0.25) is 4.79 Å². The summed E-state index contributed by atoms with van der Waals surface area (Å²) in [6.45, 7) is 0.947. The zero-order valence-electron chi connectivity index (χ0n) is 10.5. The second-order valence-electron chi connectivity index (χ2n) is 4.58. The van der Waals surface area contributed by atoms with Crippen molar-refractivity contribution in [3.05, 3.63) is 34.9 Å². The van der Waals surface area contributed by atoms with Gasteiger partial charge in [-0.2, -0.15) is 0 Å². The van der Waals surface area contributed by atoms with E-state index < -0.39 is 0 Å². The topological polar surface area (TPSA) is 38.3 Å². The second kappa shape index (κ2) is 6.21. The fourth-order valence-corrected chi connectivity index (χ4v) is 2.78. The molecular formula is C14H18ClNO2. The summed E-state index contributed by atoms with van der Waals surface area (Å²) in [5, 5.41) is 4.03. The van der Waals surface area contributed by atoms with Gasteiger partial charge in [0, 0.05) is 11.1 Å². The van der Waals surface area contributed by atoms with E-state index in [9.17, 15) is 4.79 Å². The molecule has 1 aromatic carbocycles. The molecule has 98 valence electrons. The maximum atomic E-state index is 12.0. The van der Waals surface area contributed by atoms with Crippen molar-refractivity contribution in [2.24, 2.45) is 0 Å². The van der Waals surface area contributed by atoms with Crippen molar-refractivity contribution < 1.29 is 9.53 Å². The second-order valence-corrected chi connectivity index (χ2v) is 4.99. The number of carbonyl (C=O) groups is 1. The molecule has 0 aromatic heterocycles. The molecule has 1 heterocycles. The van der Waals surface area contributed by atoms with Gasteiger partial charge >= 0.3 is 5.97 Å². The largest absolute Gasteiger partial charge is 0.469 e. The molecule has 1 aliphatic rings. The highest BCUT2D eigenvalue weighted by atomic mass is 35.5. The Bertz CT molecular complexity index is 416. The predicted molar refractivity (Wildman–Crippen MR) is 71.9 cm³/mol. The lowest BCUT2D eigenvalue weighted by molar-refractivity contribution is -0.143. The van der Waals surface area contributed by atoms with Crippen molar-refractivity contribution in [2.45, 2.75) is 31.2 Å². The highest BCUT2D eigenvalue weighted by Gasteiger charge is 2.32. The van der Waals surface area contributed by atoms with Gasteiger partial charge in [-0.15, -0.1) is 0 Å². The van der Waals surface area contributed by atoms with E-state index in [1.165, 1.54) is 7.11 Å². The summed E-state index contributed by atoms with van der Waals surface area (Å²) in [6, 6.07) is 7.61. The molecule has 1 saturated heterocycles. The first-order chi connectivity index (χ1) is 8.74. The molecule has 0 saturated carbocycles. The summed E-state index contributed by atoms with van der Waals surface area (Å²) in [4.78, 5) is 12.0. The van der Waals surface area contributed by atoms with E-state index >= 15 is 0 Å². The molecule has 2 atom stereocenters. The van der Waals surface area contributed by atoms with Gasteiger partial charge in [0.25, 0.3) is 0 Å². The van der Waals surface area contributed by atoms with E-state index in [1.807, 2.05) is 24.3 Å². The van der Waals surface area contributed by atoms with Crippen LogP contribution in [0.2, 0.25) is 5.02 Å². The number of nitrogens with one attached hydrogen (secondary N) is 1. The minimum atomic E-state index is -0.316. The molecule has 0 bridgehead atoms. The molecule has 0 radical (unpaired) electrons. The number of rotatable bonds is 3. The standard InChI is InChI=1S/C14H18ClNO2/c1-18-14(17)13(12-8-4-5-9-16-12)10-6-2-3-7-11(10)15/h2-3,6-7,12-13,16H,4-5,8-9H2,1H3/t12-,13+/m1/s1. The van der Waals surface area contributed by atoms with E-state index in [4.69, 9.17) is 16.3 Å². The number of esters is 1. The van der Waals surface area contributed by atoms with Crippen LogP contribution in [-0.2, 0) is 9.53 Å². The summed E-state index contributed by atoms with van der Waals surface area (Å²) in [6.07, 6.45) is 3.27. The van der Waals surface area contributed by atoms with Crippen molar-refractivity contribution in [2.75, 3.05) is 13.7 Å². The molecule has 4 heteroatoms. The third-order valence-electron chi connectivity index (χ3n) is 3.45. The van der Waals surface area contributed by atoms with Gasteiger partial charge in [-0.25, -0.2) is 0 Å². The number of benzene rings is 1. The molecular weight excluding hydrogens is 250 g/mol. The van der Waals surface area contributed by atoms with Gasteiger partial charge in [0.1, 0.15) is 0 Å². The molecule has 0 spiro atoms. The molecule has 3 nitrogen and oxygen atoms in total. The minimum Gasteiger partial charge on any atom is -0.469 e. The molecule has 18 heavy (non-hydrogen) atoms. The normalized spacial score (nSPS) is 21.3. The Morgan fingerprint density at radius 3 is 2.83 bits per heavy atom. The smallest absolute Gasteiger partial charge is 0.314 e. The molecule has 1 aromatic rings. The van der Waals surface area contributed by atoms with Crippen LogP contribution in [0.5, 0.6) is 0 Å². The fraction of sp³-hybridized carbons (Fsp3) is 0.500. The molecule has 0 amide bonds. The Kier molecular flexibility index (Phi) is 4.61. The van der Waals surface area contributed by atoms with Crippen molar-refractivity contribution in [1.82, 2.24) is 5.32 Å². The van der Waals surface area contributed by atoms with E-state index in [2.05, 4.69) is 5.32 Å². The van der Waals surface area contributed by atoms with Crippen LogP contribution in [0.3, 0.4) is 0 Å². The summed E-state index contributed by atoms with van der Waals surface area (Å²) >= 11 is 6.20. The number of carbonyl (C=O) groups excluding carboxylic acids is 1. The van der Waals surface area contributed by atoms with Crippen LogP contribution in [0.25, 0.3) is 0 Å². The predicted octanol–water partition coefficient (Wildman–Crippen LogP) is 2.74. The van der Waals surface area contributed by atoms with Crippen LogP contribution in [0, 0.1) is 0 Å². The lowest BCUT2D eigenvalue weighted by Crippen LogP contribution is -2.42. The lowest BCUT2D eigenvalue weighted by atomic mass is 9.86. The van der Waals surface area contributed by atoms with Crippen molar-refractivity contribution in [1.29, 1.82) is 0 Å². The van der Waals surface area contributed by atoms with Gasteiger partial charge in [0.15, 0.2) is 0 Å². The highest BCUT2D eigenvalue weighted by molar-refractivity contribution is 6.31. The number of hydrogen-bond donors (Lipinski definition) is 1. The van der Waals surface area contributed by atoms with Crippen LogP contribution in [0.4, 0.5) is 0 Å².